The number of ether oxygens (including phenoxy) is 1. The molecule has 0 aromatic heterocycles. The second kappa shape index (κ2) is 6.26. The fourth-order valence-corrected chi connectivity index (χ4v) is 3.58. The van der Waals surface area contributed by atoms with Gasteiger partial charge in [0.25, 0.3) is 0 Å². The molecule has 1 rings (SSSR count). The van der Waals surface area contributed by atoms with Gasteiger partial charge in [-0.1, -0.05) is 6.92 Å². The lowest BCUT2D eigenvalue weighted by atomic mass is 9.92. The Hall–Kier alpha value is 0.0249. The zero-order valence-corrected chi connectivity index (χ0v) is 14.0. The van der Waals surface area contributed by atoms with Crippen LogP contribution in [-0.4, -0.2) is 58.3 Å². The molecule has 0 aliphatic carbocycles. The van der Waals surface area contributed by atoms with Gasteiger partial charge in [0.1, 0.15) is 20.1 Å². The van der Waals surface area contributed by atoms with Gasteiger partial charge < -0.3 is 24.4 Å². The van der Waals surface area contributed by atoms with Crippen LogP contribution in [0.5, 0.6) is 0 Å². The molecule has 1 aliphatic heterocycles. The Morgan fingerprint density at radius 1 is 1.43 bits per heavy atom. The van der Waals surface area contributed by atoms with Gasteiger partial charge in [-0.2, -0.15) is 0 Å². The molecule has 0 spiro atoms. The van der Waals surface area contributed by atoms with Crippen molar-refractivity contribution in [3.8, 4) is 0 Å². The summed E-state index contributed by atoms with van der Waals surface area (Å²) in [6.07, 6.45) is -3.54. The Balaban J connectivity index is 2.77. The van der Waals surface area contributed by atoms with Crippen LogP contribution in [0.15, 0.2) is 0 Å². The third-order valence-corrected chi connectivity index (χ3v) is 6.16. The third-order valence-electron chi connectivity index (χ3n) is 3.89. The standard InChI is InChI=1S/C12H25BFO6P/c1-5-12(4,16)21(17,18)20-11(2,3)6-7-9(15)8(14)10(13)19-7/h7-10,15-16H,5-6,13H2,1-4H3,(H,17,18)/t7-,8-,9-,10-,12?/m1/s1. The predicted molar refractivity (Wildman–Crippen MR) is 78.6 cm³/mol. The Labute approximate surface area is 125 Å². The maximum atomic E-state index is 13.6. The average Bonchev–Trinajstić information content (AvgIpc) is 2.54. The lowest BCUT2D eigenvalue weighted by molar-refractivity contribution is -0.0345. The second-order valence-corrected chi connectivity index (χ2v) is 8.65. The quantitative estimate of drug-likeness (QED) is 0.487. The summed E-state index contributed by atoms with van der Waals surface area (Å²) in [5, 5.41) is 17.8. The molecule has 6 nitrogen and oxygen atoms in total. The summed E-state index contributed by atoms with van der Waals surface area (Å²) in [5.74, 6) is 0. The monoisotopic (exact) mass is 326 g/mol. The molecule has 21 heavy (non-hydrogen) atoms. The smallest absolute Gasteiger partial charge is 0.359 e. The minimum absolute atomic E-state index is 0.0310. The molecule has 1 fully saturated rings. The number of aliphatic hydroxyl groups excluding tert-OH is 1. The van der Waals surface area contributed by atoms with E-state index in [4.69, 9.17) is 9.26 Å². The summed E-state index contributed by atoms with van der Waals surface area (Å²) < 4.78 is 36.2. The fourth-order valence-electron chi connectivity index (χ4n) is 2.24. The molecule has 1 saturated heterocycles. The van der Waals surface area contributed by atoms with Gasteiger partial charge in [0, 0.05) is 6.42 Å². The van der Waals surface area contributed by atoms with Gasteiger partial charge >= 0.3 is 7.60 Å². The van der Waals surface area contributed by atoms with E-state index in [1.807, 2.05) is 0 Å². The summed E-state index contributed by atoms with van der Waals surface area (Å²) in [5.41, 5.74) is -1.17. The highest BCUT2D eigenvalue weighted by Crippen LogP contribution is 2.58. The topological polar surface area (TPSA) is 96.2 Å². The van der Waals surface area contributed by atoms with E-state index in [0.717, 1.165) is 0 Å². The maximum Gasteiger partial charge on any atom is 0.359 e. The van der Waals surface area contributed by atoms with E-state index < -0.39 is 42.9 Å². The van der Waals surface area contributed by atoms with Crippen molar-refractivity contribution in [1.82, 2.24) is 0 Å². The molecule has 0 radical (unpaired) electrons. The number of rotatable bonds is 6. The van der Waals surface area contributed by atoms with Crippen LogP contribution in [0.1, 0.15) is 40.5 Å². The summed E-state index contributed by atoms with van der Waals surface area (Å²) in [6, 6.07) is -0.736. The highest BCUT2D eigenvalue weighted by Gasteiger charge is 2.48. The molecule has 0 aromatic carbocycles. The Morgan fingerprint density at radius 3 is 2.33 bits per heavy atom. The molecule has 0 aromatic rings. The van der Waals surface area contributed by atoms with E-state index in [-0.39, 0.29) is 12.8 Å². The molecule has 1 aliphatic rings. The first-order valence-corrected chi connectivity index (χ1v) is 8.64. The molecular formula is C12H25BFO6P. The maximum absolute atomic E-state index is 13.6. The van der Waals surface area contributed by atoms with Crippen molar-refractivity contribution >= 4 is 15.4 Å². The normalized spacial score (nSPS) is 36.2. The molecule has 9 heteroatoms. The Kier molecular flexibility index (Phi) is 5.69. The zero-order chi connectivity index (χ0) is 16.6. The van der Waals surface area contributed by atoms with Crippen molar-refractivity contribution in [3.05, 3.63) is 0 Å². The van der Waals surface area contributed by atoms with Crippen molar-refractivity contribution in [1.29, 1.82) is 0 Å². The van der Waals surface area contributed by atoms with E-state index in [0.29, 0.717) is 0 Å². The largest absolute Gasteiger partial charge is 0.387 e. The summed E-state index contributed by atoms with van der Waals surface area (Å²) in [6.45, 7) is 5.87. The molecule has 2 unspecified atom stereocenters. The minimum Gasteiger partial charge on any atom is -0.387 e. The number of alkyl halides is 1. The molecule has 3 N–H and O–H groups in total. The van der Waals surface area contributed by atoms with Crippen LogP contribution < -0.4 is 0 Å². The fraction of sp³-hybridized carbons (Fsp3) is 1.00. The molecule has 0 amide bonds. The number of aliphatic hydroxyl groups is 2. The van der Waals surface area contributed by atoms with E-state index in [1.54, 1.807) is 6.92 Å². The highest BCUT2D eigenvalue weighted by molar-refractivity contribution is 7.54. The van der Waals surface area contributed by atoms with E-state index >= 15 is 0 Å². The number of hydrogen-bond acceptors (Lipinski definition) is 5. The second-order valence-electron chi connectivity index (χ2n) is 6.46. The number of halogens is 1. The lowest BCUT2D eigenvalue weighted by Crippen LogP contribution is -2.38. The molecular weight excluding hydrogens is 301 g/mol. The van der Waals surface area contributed by atoms with Crippen LogP contribution >= 0.6 is 7.60 Å². The molecule has 124 valence electrons. The average molecular weight is 326 g/mol. The Bertz CT molecular complexity index is 419. The van der Waals surface area contributed by atoms with Gasteiger partial charge in [0.2, 0.25) is 0 Å². The van der Waals surface area contributed by atoms with Crippen LogP contribution in [0.3, 0.4) is 0 Å². The zero-order valence-electron chi connectivity index (χ0n) is 13.1. The van der Waals surface area contributed by atoms with Gasteiger partial charge in [0.15, 0.2) is 5.34 Å². The van der Waals surface area contributed by atoms with Crippen LogP contribution in [0.2, 0.25) is 0 Å². The first-order valence-electron chi connectivity index (χ1n) is 7.06. The van der Waals surface area contributed by atoms with Gasteiger partial charge in [0.05, 0.1) is 17.7 Å². The lowest BCUT2D eigenvalue weighted by Gasteiger charge is -2.35. The molecule has 0 saturated carbocycles. The van der Waals surface area contributed by atoms with Gasteiger partial charge in [-0.3, -0.25) is 4.57 Å². The minimum atomic E-state index is -4.30. The van der Waals surface area contributed by atoms with E-state index in [1.165, 1.54) is 28.6 Å². The van der Waals surface area contributed by atoms with Crippen LogP contribution in [0.4, 0.5) is 4.39 Å². The van der Waals surface area contributed by atoms with Gasteiger partial charge in [-0.05, 0) is 27.2 Å². The van der Waals surface area contributed by atoms with E-state index in [2.05, 4.69) is 0 Å². The van der Waals surface area contributed by atoms with Crippen molar-refractivity contribution in [3.63, 3.8) is 0 Å². The molecule has 0 bridgehead atoms. The van der Waals surface area contributed by atoms with Crippen molar-refractivity contribution < 1.29 is 33.3 Å². The van der Waals surface area contributed by atoms with Crippen LogP contribution in [0, 0.1) is 0 Å². The van der Waals surface area contributed by atoms with Gasteiger partial charge in [-0.25, -0.2) is 4.39 Å². The van der Waals surface area contributed by atoms with E-state index in [9.17, 15) is 24.1 Å². The summed E-state index contributed by atoms with van der Waals surface area (Å²) >= 11 is 0. The van der Waals surface area contributed by atoms with Crippen LogP contribution in [0.25, 0.3) is 0 Å². The van der Waals surface area contributed by atoms with Gasteiger partial charge in [-0.15, -0.1) is 0 Å². The highest BCUT2D eigenvalue weighted by atomic mass is 31.2. The summed E-state index contributed by atoms with van der Waals surface area (Å²) in [4.78, 5) is 9.93. The Morgan fingerprint density at radius 2 is 1.95 bits per heavy atom. The first kappa shape index (κ1) is 19.1. The third kappa shape index (κ3) is 4.27. The predicted octanol–water partition coefficient (Wildman–Crippen LogP) is 0.533. The molecule has 6 atom stereocenters. The SMILES string of the molecule is B[C@@H]1O[C@H](CC(C)(C)OP(=O)(O)C(C)(O)CC)[C@@H](O)[C@H]1F. The summed E-state index contributed by atoms with van der Waals surface area (Å²) in [7, 11) is -2.78. The first-order chi connectivity index (χ1) is 9.33. The van der Waals surface area contributed by atoms with Crippen molar-refractivity contribution in [2.45, 2.75) is 75.9 Å². The van der Waals surface area contributed by atoms with Crippen LogP contribution in [-0.2, 0) is 13.8 Å². The molecule has 1 heterocycles. The van der Waals surface area contributed by atoms with Crippen molar-refractivity contribution in [2.24, 2.45) is 0 Å². The number of hydrogen-bond donors (Lipinski definition) is 3. The van der Waals surface area contributed by atoms with Crippen molar-refractivity contribution in [2.75, 3.05) is 0 Å².